The molecule has 1 aromatic carbocycles. The van der Waals surface area contributed by atoms with Crippen LogP contribution in [0, 0.1) is 0 Å². The van der Waals surface area contributed by atoms with Gasteiger partial charge in [0.05, 0.1) is 5.56 Å². The quantitative estimate of drug-likeness (QED) is 0.613. The van der Waals surface area contributed by atoms with Gasteiger partial charge in [-0.2, -0.15) is 13.2 Å². The van der Waals surface area contributed by atoms with Crippen molar-refractivity contribution in [2.24, 2.45) is 0 Å². The Hall–Kier alpha value is -0.830. The fourth-order valence-corrected chi connectivity index (χ4v) is 2.65. The van der Waals surface area contributed by atoms with Crippen LogP contribution in [0.3, 0.4) is 0 Å². The van der Waals surface area contributed by atoms with Crippen molar-refractivity contribution < 1.29 is 18.0 Å². The molecule has 0 saturated carbocycles. The average molecular weight is 398 g/mol. The summed E-state index contributed by atoms with van der Waals surface area (Å²) in [6.07, 6.45) is -2.80. The van der Waals surface area contributed by atoms with E-state index in [1.165, 1.54) is 12.1 Å². The number of nitrogens with one attached hydrogen (secondary N) is 1. The number of halogens is 4. The van der Waals surface area contributed by atoms with Crippen molar-refractivity contribution >= 4 is 28.8 Å². The lowest BCUT2D eigenvalue weighted by atomic mass is 10.1. The van der Waals surface area contributed by atoms with Gasteiger partial charge < -0.3 is 5.32 Å². The van der Waals surface area contributed by atoms with Crippen LogP contribution in [0.15, 0.2) is 24.3 Å². The fraction of sp³-hybridized carbons (Fsp3) is 0.462. The summed E-state index contributed by atoms with van der Waals surface area (Å²) >= 11 is 2.22. The zero-order valence-electron chi connectivity index (χ0n) is 10.6. The first-order valence-corrected chi connectivity index (χ1v) is 7.21. The third-order valence-corrected chi connectivity index (χ3v) is 4.19. The second-order valence-corrected chi connectivity index (χ2v) is 6.10. The van der Waals surface area contributed by atoms with Gasteiger partial charge in [0, 0.05) is 47.6 Å². The molecule has 0 radical (unpaired) electrons. The number of alkyl halides is 3. The smallest absolute Gasteiger partial charge is 0.349 e. The van der Waals surface area contributed by atoms with Crippen LogP contribution in [0.5, 0.6) is 0 Å². The SMILES string of the molecule is O=C(NC1CCN(I)CC1)c1cccc(C(F)(F)F)c1. The molecule has 20 heavy (non-hydrogen) atoms. The lowest BCUT2D eigenvalue weighted by Crippen LogP contribution is -2.41. The van der Waals surface area contributed by atoms with Crippen LogP contribution in [0.2, 0.25) is 0 Å². The van der Waals surface area contributed by atoms with Gasteiger partial charge >= 0.3 is 6.18 Å². The molecule has 1 saturated heterocycles. The van der Waals surface area contributed by atoms with Crippen LogP contribution in [0.4, 0.5) is 13.2 Å². The van der Waals surface area contributed by atoms with Crippen LogP contribution >= 0.6 is 22.9 Å². The van der Waals surface area contributed by atoms with Gasteiger partial charge in [0.25, 0.3) is 5.91 Å². The molecule has 0 atom stereocenters. The second kappa shape index (κ2) is 6.30. The summed E-state index contributed by atoms with van der Waals surface area (Å²) in [5.74, 6) is -0.442. The molecule has 1 fully saturated rings. The summed E-state index contributed by atoms with van der Waals surface area (Å²) in [6.45, 7) is 1.74. The molecule has 0 unspecified atom stereocenters. The van der Waals surface area contributed by atoms with Crippen molar-refractivity contribution in [2.45, 2.75) is 25.1 Å². The first kappa shape index (κ1) is 15.6. The minimum Gasteiger partial charge on any atom is -0.349 e. The maximum atomic E-state index is 12.6. The molecular weight excluding hydrogens is 384 g/mol. The monoisotopic (exact) mass is 398 g/mol. The highest BCUT2D eigenvalue weighted by Gasteiger charge is 2.31. The van der Waals surface area contributed by atoms with Crippen molar-refractivity contribution in [2.75, 3.05) is 13.1 Å². The lowest BCUT2D eigenvalue weighted by Gasteiger charge is -2.28. The van der Waals surface area contributed by atoms with Gasteiger partial charge in [-0.1, -0.05) is 6.07 Å². The Morgan fingerprint density at radius 3 is 2.55 bits per heavy atom. The van der Waals surface area contributed by atoms with Gasteiger partial charge in [-0.3, -0.25) is 4.79 Å². The van der Waals surface area contributed by atoms with Crippen molar-refractivity contribution in [1.29, 1.82) is 0 Å². The molecule has 2 rings (SSSR count). The molecular formula is C13H14F3IN2O. The highest BCUT2D eigenvalue weighted by Crippen LogP contribution is 2.29. The van der Waals surface area contributed by atoms with Crippen molar-refractivity contribution in [3.63, 3.8) is 0 Å². The predicted molar refractivity (Wildman–Crippen MR) is 77.5 cm³/mol. The number of carbonyl (C=O) groups is 1. The number of carbonyl (C=O) groups excluding carboxylic acids is 1. The molecule has 0 aliphatic carbocycles. The fourth-order valence-electron chi connectivity index (χ4n) is 2.10. The van der Waals surface area contributed by atoms with E-state index in [1.54, 1.807) is 0 Å². The summed E-state index contributed by atoms with van der Waals surface area (Å²) in [6, 6.07) is 4.54. The predicted octanol–water partition coefficient (Wildman–Crippen LogP) is 3.25. The van der Waals surface area contributed by atoms with E-state index < -0.39 is 17.6 Å². The van der Waals surface area contributed by atoms with E-state index in [9.17, 15) is 18.0 Å². The van der Waals surface area contributed by atoms with Crippen LogP contribution in [0.1, 0.15) is 28.8 Å². The number of hydrogen-bond donors (Lipinski definition) is 1. The maximum Gasteiger partial charge on any atom is 0.416 e. The Morgan fingerprint density at radius 1 is 1.30 bits per heavy atom. The first-order chi connectivity index (χ1) is 9.36. The van der Waals surface area contributed by atoms with Gasteiger partial charge in [-0.25, -0.2) is 3.11 Å². The summed E-state index contributed by atoms with van der Waals surface area (Å²) in [7, 11) is 0. The molecule has 0 bridgehead atoms. The molecule has 1 aliphatic heterocycles. The zero-order chi connectivity index (χ0) is 14.8. The number of nitrogens with zero attached hydrogens (tertiary/aromatic N) is 1. The topological polar surface area (TPSA) is 32.3 Å². The van der Waals surface area contributed by atoms with Crippen molar-refractivity contribution in [3.05, 3.63) is 35.4 Å². The average Bonchev–Trinajstić information content (AvgIpc) is 2.40. The van der Waals surface area contributed by atoms with Crippen LogP contribution in [-0.4, -0.2) is 28.2 Å². The van der Waals surface area contributed by atoms with Crippen LogP contribution < -0.4 is 5.32 Å². The van der Waals surface area contributed by atoms with Gasteiger partial charge in [-0.05, 0) is 31.0 Å². The largest absolute Gasteiger partial charge is 0.416 e. The first-order valence-electron chi connectivity index (χ1n) is 6.25. The third-order valence-electron chi connectivity index (χ3n) is 3.23. The molecule has 1 N–H and O–H groups in total. The molecule has 1 heterocycles. The molecule has 1 aromatic rings. The van der Waals surface area contributed by atoms with Crippen molar-refractivity contribution in [1.82, 2.24) is 8.43 Å². The molecule has 0 aromatic heterocycles. The molecule has 7 heteroatoms. The Kier molecular flexibility index (Phi) is 4.90. The molecule has 0 spiro atoms. The van der Waals surface area contributed by atoms with Gasteiger partial charge in [0.1, 0.15) is 0 Å². The summed E-state index contributed by atoms with van der Waals surface area (Å²) in [5, 5.41) is 2.80. The number of benzene rings is 1. The van der Waals surface area contributed by atoms with Gasteiger partial charge in [0.2, 0.25) is 0 Å². The second-order valence-electron chi connectivity index (χ2n) is 4.74. The number of hydrogen-bond acceptors (Lipinski definition) is 2. The Balaban J connectivity index is 2.02. The van der Waals surface area contributed by atoms with Gasteiger partial charge in [0.15, 0.2) is 0 Å². The maximum absolute atomic E-state index is 12.6. The Labute approximate surface area is 129 Å². The van der Waals surface area contributed by atoms with Crippen LogP contribution in [-0.2, 0) is 6.18 Å². The van der Waals surface area contributed by atoms with E-state index >= 15 is 0 Å². The Morgan fingerprint density at radius 2 is 1.95 bits per heavy atom. The zero-order valence-corrected chi connectivity index (χ0v) is 12.7. The van der Waals surface area contributed by atoms with E-state index in [-0.39, 0.29) is 11.6 Å². The normalized spacial score (nSPS) is 18.0. The number of rotatable bonds is 2. The molecule has 110 valence electrons. The summed E-state index contributed by atoms with van der Waals surface area (Å²) < 4.78 is 39.9. The van der Waals surface area contributed by atoms with E-state index in [4.69, 9.17) is 0 Å². The number of amides is 1. The lowest BCUT2D eigenvalue weighted by molar-refractivity contribution is -0.137. The van der Waals surface area contributed by atoms with Crippen molar-refractivity contribution in [3.8, 4) is 0 Å². The number of piperidine rings is 1. The third kappa shape index (κ3) is 4.08. The highest BCUT2D eigenvalue weighted by atomic mass is 127. The standard InChI is InChI=1S/C13H14F3IN2O/c14-13(15,16)10-3-1-2-9(8-10)12(20)18-11-4-6-19(17)7-5-11/h1-3,8,11H,4-7H2,(H,18,20). The Bertz CT molecular complexity index is 485. The molecule has 1 amide bonds. The van der Waals surface area contributed by atoms with E-state index in [1.807, 2.05) is 0 Å². The molecule has 3 nitrogen and oxygen atoms in total. The van der Waals surface area contributed by atoms with Crippen LogP contribution in [0.25, 0.3) is 0 Å². The molecule has 1 aliphatic rings. The van der Waals surface area contributed by atoms with E-state index in [0.717, 1.165) is 38.1 Å². The summed E-state index contributed by atoms with van der Waals surface area (Å²) in [5.41, 5.74) is -0.746. The summed E-state index contributed by atoms with van der Waals surface area (Å²) in [4.78, 5) is 12.0. The minimum atomic E-state index is -4.43. The van der Waals surface area contributed by atoms with Gasteiger partial charge in [-0.15, -0.1) is 0 Å². The van der Waals surface area contributed by atoms with E-state index in [2.05, 4.69) is 31.3 Å². The minimum absolute atomic E-state index is 0.0306. The highest BCUT2D eigenvalue weighted by molar-refractivity contribution is 14.1. The van der Waals surface area contributed by atoms with E-state index in [0.29, 0.717) is 0 Å².